The van der Waals surface area contributed by atoms with E-state index in [0.29, 0.717) is 13.1 Å². The van der Waals surface area contributed by atoms with Crippen LogP contribution in [0.3, 0.4) is 0 Å². The van der Waals surface area contributed by atoms with Gasteiger partial charge in [-0.1, -0.05) is 12.1 Å². The molecule has 0 aliphatic heterocycles. The van der Waals surface area contributed by atoms with Crippen LogP contribution in [0.15, 0.2) is 30.3 Å². The molecule has 0 amide bonds. The average molecular weight is 273 g/mol. The van der Waals surface area contributed by atoms with E-state index in [1.165, 1.54) is 6.07 Å². The molecule has 0 bridgehead atoms. The Kier molecular flexibility index (Phi) is 4.35. The van der Waals surface area contributed by atoms with E-state index >= 15 is 0 Å². The second kappa shape index (κ2) is 6.01. The van der Waals surface area contributed by atoms with E-state index in [-0.39, 0.29) is 5.82 Å². The standard InChI is InChI=1S/C16H20FN3/c1-11-7-16(15(9-18)12(2)19-11)20(3)10-13-5-4-6-14(17)8-13/h4-8H,9-10,18H2,1-3H3. The molecular formula is C16H20FN3. The highest BCUT2D eigenvalue weighted by Crippen LogP contribution is 2.24. The highest BCUT2D eigenvalue weighted by Gasteiger charge is 2.11. The molecule has 0 aliphatic rings. The Morgan fingerprint density at radius 1 is 1.25 bits per heavy atom. The summed E-state index contributed by atoms with van der Waals surface area (Å²) >= 11 is 0. The normalized spacial score (nSPS) is 10.7. The molecule has 2 aromatic rings. The van der Waals surface area contributed by atoms with Crippen molar-refractivity contribution in [3.05, 3.63) is 58.7 Å². The van der Waals surface area contributed by atoms with Crippen LogP contribution in [0.4, 0.5) is 10.1 Å². The van der Waals surface area contributed by atoms with E-state index in [4.69, 9.17) is 5.73 Å². The van der Waals surface area contributed by atoms with Crippen molar-refractivity contribution in [3.8, 4) is 0 Å². The van der Waals surface area contributed by atoms with Crippen LogP contribution in [0.1, 0.15) is 22.5 Å². The Bertz CT molecular complexity index is 611. The van der Waals surface area contributed by atoms with Crippen molar-refractivity contribution in [3.63, 3.8) is 0 Å². The average Bonchev–Trinajstić information content (AvgIpc) is 2.37. The van der Waals surface area contributed by atoms with Crippen molar-refractivity contribution in [1.82, 2.24) is 4.98 Å². The lowest BCUT2D eigenvalue weighted by Crippen LogP contribution is -2.20. The van der Waals surface area contributed by atoms with E-state index < -0.39 is 0 Å². The van der Waals surface area contributed by atoms with Crippen LogP contribution in [-0.4, -0.2) is 12.0 Å². The minimum absolute atomic E-state index is 0.211. The van der Waals surface area contributed by atoms with E-state index in [2.05, 4.69) is 9.88 Å². The topological polar surface area (TPSA) is 42.1 Å². The lowest BCUT2D eigenvalue weighted by Gasteiger charge is -2.23. The highest BCUT2D eigenvalue weighted by atomic mass is 19.1. The van der Waals surface area contributed by atoms with Gasteiger partial charge in [-0.2, -0.15) is 0 Å². The minimum Gasteiger partial charge on any atom is -0.370 e. The van der Waals surface area contributed by atoms with Crippen LogP contribution in [0.2, 0.25) is 0 Å². The molecule has 3 nitrogen and oxygen atoms in total. The Morgan fingerprint density at radius 3 is 2.65 bits per heavy atom. The second-order valence-electron chi connectivity index (χ2n) is 5.04. The monoisotopic (exact) mass is 273 g/mol. The number of pyridine rings is 1. The zero-order chi connectivity index (χ0) is 14.7. The van der Waals surface area contributed by atoms with Gasteiger partial charge < -0.3 is 10.6 Å². The molecule has 0 saturated carbocycles. The van der Waals surface area contributed by atoms with Gasteiger partial charge in [0.25, 0.3) is 0 Å². The van der Waals surface area contributed by atoms with E-state index in [1.54, 1.807) is 12.1 Å². The van der Waals surface area contributed by atoms with Crippen molar-refractivity contribution in [1.29, 1.82) is 0 Å². The number of halogens is 1. The number of hydrogen-bond donors (Lipinski definition) is 1. The molecule has 1 heterocycles. The van der Waals surface area contributed by atoms with Gasteiger partial charge >= 0.3 is 0 Å². The first-order valence-electron chi connectivity index (χ1n) is 6.64. The van der Waals surface area contributed by atoms with E-state index in [0.717, 1.165) is 28.2 Å². The fraction of sp³-hybridized carbons (Fsp3) is 0.312. The number of nitrogens with zero attached hydrogens (tertiary/aromatic N) is 2. The van der Waals surface area contributed by atoms with Gasteiger partial charge in [-0.3, -0.25) is 4.98 Å². The molecule has 4 heteroatoms. The van der Waals surface area contributed by atoms with Crippen LogP contribution >= 0.6 is 0 Å². The van der Waals surface area contributed by atoms with Crippen LogP contribution in [0.5, 0.6) is 0 Å². The van der Waals surface area contributed by atoms with Crippen molar-refractivity contribution in [2.24, 2.45) is 5.73 Å². The Balaban J connectivity index is 2.31. The third-order valence-electron chi connectivity index (χ3n) is 3.36. The predicted octanol–water partition coefficient (Wildman–Crippen LogP) is 2.93. The van der Waals surface area contributed by atoms with Gasteiger partial charge in [-0.25, -0.2) is 4.39 Å². The summed E-state index contributed by atoms with van der Waals surface area (Å²) in [5.74, 6) is -0.211. The summed E-state index contributed by atoms with van der Waals surface area (Å²) in [4.78, 5) is 6.52. The van der Waals surface area contributed by atoms with Gasteiger partial charge in [-0.15, -0.1) is 0 Å². The number of anilines is 1. The first-order valence-corrected chi connectivity index (χ1v) is 6.64. The summed E-state index contributed by atoms with van der Waals surface area (Å²) in [6.45, 7) is 5.01. The van der Waals surface area contributed by atoms with Gasteiger partial charge in [0.15, 0.2) is 0 Å². The number of aryl methyl sites for hydroxylation is 2. The van der Waals surface area contributed by atoms with E-state index in [1.807, 2.05) is 33.0 Å². The molecular weight excluding hydrogens is 253 g/mol. The second-order valence-corrected chi connectivity index (χ2v) is 5.04. The molecule has 0 fully saturated rings. The van der Waals surface area contributed by atoms with Crippen molar-refractivity contribution >= 4 is 5.69 Å². The molecule has 1 aromatic carbocycles. The van der Waals surface area contributed by atoms with Crippen molar-refractivity contribution in [2.45, 2.75) is 26.9 Å². The Morgan fingerprint density at radius 2 is 2.00 bits per heavy atom. The number of hydrogen-bond acceptors (Lipinski definition) is 3. The molecule has 0 unspecified atom stereocenters. The molecule has 106 valence electrons. The Hall–Kier alpha value is -1.94. The van der Waals surface area contributed by atoms with Gasteiger partial charge in [-0.05, 0) is 37.6 Å². The lowest BCUT2D eigenvalue weighted by atomic mass is 10.1. The summed E-state index contributed by atoms with van der Waals surface area (Å²) in [5.41, 5.74) is 10.8. The number of rotatable bonds is 4. The van der Waals surface area contributed by atoms with Crippen LogP contribution in [0.25, 0.3) is 0 Å². The highest BCUT2D eigenvalue weighted by molar-refractivity contribution is 5.55. The van der Waals surface area contributed by atoms with Crippen LogP contribution in [-0.2, 0) is 13.1 Å². The first-order chi connectivity index (χ1) is 9.51. The third kappa shape index (κ3) is 3.14. The van der Waals surface area contributed by atoms with Crippen molar-refractivity contribution in [2.75, 3.05) is 11.9 Å². The van der Waals surface area contributed by atoms with E-state index in [9.17, 15) is 4.39 Å². The fourth-order valence-electron chi connectivity index (χ4n) is 2.42. The minimum atomic E-state index is -0.211. The molecule has 2 rings (SSSR count). The summed E-state index contributed by atoms with van der Waals surface area (Å²) in [6.07, 6.45) is 0. The van der Waals surface area contributed by atoms with Gasteiger partial charge in [0.2, 0.25) is 0 Å². The lowest BCUT2D eigenvalue weighted by molar-refractivity contribution is 0.625. The van der Waals surface area contributed by atoms with Crippen molar-refractivity contribution < 1.29 is 4.39 Å². The molecule has 0 aliphatic carbocycles. The molecule has 0 spiro atoms. The number of nitrogens with two attached hydrogens (primary N) is 1. The zero-order valence-corrected chi connectivity index (χ0v) is 12.2. The maximum atomic E-state index is 13.2. The predicted molar refractivity (Wildman–Crippen MR) is 80.1 cm³/mol. The molecule has 1 aromatic heterocycles. The zero-order valence-electron chi connectivity index (χ0n) is 12.2. The largest absolute Gasteiger partial charge is 0.370 e. The quantitative estimate of drug-likeness (QED) is 0.931. The van der Waals surface area contributed by atoms with Crippen LogP contribution in [0, 0.1) is 19.7 Å². The van der Waals surface area contributed by atoms with Gasteiger partial charge in [0, 0.05) is 42.8 Å². The maximum absolute atomic E-state index is 13.2. The SMILES string of the molecule is Cc1cc(N(C)Cc2cccc(F)c2)c(CN)c(C)n1. The summed E-state index contributed by atoms with van der Waals surface area (Å²) in [7, 11) is 1.98. The smallest absolute Gasteiger partial charge is 0.123 e. The van der Waals surface area contributed by atoms with Gasteiger partial charge in [0.1, 0.15) is 5.82 Å². The fourth-order valence-corrected chi connectivity index (χ4v) is 2.42. The van der Waals surface area contributed by atoms with Crippen LogP contribution < -0.4 is 10.6 Å². The summed E-state index contributed by atoms with van der Waals surface area (Å²) < 4.78 is 13.2. The third-order valence-corrected chi connectivity index (χ3v) is 3.36. The number of benzene rings is 1. The van der Waals surface area contributed by atoms with Gasteiger partial charge in [0.05, 0.1) is 0 Å². The molecule has 2 N–H and O–H groups in total. The summed E-state index contributed by atoms with van der Waals surface area (Å²) in [6, 6.07) is 8.68. The Labute approximate surface area is 119 Å². The molecule has 0 atom stereocenters. The summed E-state index contributed by atoms with van der Waals surface area (Å²) in [5, 5.41) is 0. The first kappa shape index (κ1) is 14.5. The molecule has 0 radical (unpaired) electrons. The molecule has 20 heavy (non-hydrogen) atoms. The number of aromatic nitrogens is 1. The maximum Gasteiger partial charge on any atom is 0.123 e. The molecule has 0 saturated heterocycles.